The van der Waals surface area contributed by atoms with Crippen molar-refractivity contribution in [1.29, 1.82) is 0 Å². The fourth-order valence-corrected chi connectivity index (χ4v) is 1.98. The van der Waals surface area contributed by atoms with E-state index in [0.29, 0.717) is 30.5 Å². The van der Waals surface area contributed by atoms with Crippen LogP contribution < -0.4 is 11.0 Å². The van der Waals surface area contributed by atoms with Gasteiger partial charge in [-0.2, -0.15) is 0 Å². The molecule has 0 saturated heterocycles. The Labute approximate surface area is 109 Å². The van der Waals surface area contributed by atoms with Crippen molar-refractivity contribution in [2.75, 3.05) is 6.54 Å². The number of halogens is 1. The highest BCUT2D eigenvalue weighted by atomic mass is 19.1. The van der Waals surface area contributed by atoms with Gasteiger partial charge in [-0.3, -0.25) is 9.36 Å². The molecule has 1 amide bonds. The second kappa shape index (κ2) is 5.69. The fraction of sp³-hybridized carbons (Fsp3) is 0.385. The van der Waals surface area contributed by atoms with Crippen LogP contribution in [0.3, 0.4) is 0 Å². The molecule has 0 bridgehead atoms. The minimum absolute atomic E-state index is 0.0264. The Kier molecular flexibility index (Phi) is 3.99. The van der Waals surface area contributed by atoms with Crippen LogP contribution in [0.2, 0.25) is 0 Å². The number of imidazole rings is 1. The predicted octanol–water partition coefficient (Wildman–Crippen LogP) is 1.39. The molecule has 102 valence electrons. The molecule has 0 fully saturated rings. The summed E-state index contributed by atoms with van der Waals surface area (Å²) in [5, 5.41) is 2.74. The van der Waals surface area contributed by atoms with E-state index >= 15 is 0 Å². The molecule has 0 saturated carbocycles. The van der Waals surface area contributed by atoms with Crippen molar-refractivity contribution in [3.63, 3.8) is 0 Å². The van der Waals surface area contributed by atoms with Crippen molar-refractivity contribution in [3.05, 3.63) is 34.5 Å². The van der Waals surface area contributed by atoms with Gasteiger partial charge in [-0.15, -0.1) is 0 Å². The SMILES string of the molecule is CCCC(=O)NCCn1c(=O)[nH]c2cc(F)ccc21. The van der Waals surface area contributed by atoms with Crippen LogP contribution in [0.4, 0.5) is 4.39 Å². The molecule has 0 atom stereocenters. The van der Waals surface area contributed by atoms with Gasteiger partial charge in [0.15, 0.2) is 0 Å². The van der Waals surface area contributed by atoms with E-state index in [1.54, 1.807) is 6.07 Å². The van der Waals surface area contributed by atoms with Gasteiger partial charge in [0.2, 0.25) is 5.91 Å². The first-order valence-electron chi connectivity index (χ1n) is 6.26. The lowest BCUT2D eigenvalue weighted by Crippen LogP contribution is -2.29. The topological polar surface area (TPSA) is 66.9 Å². The quantitative estimate of drug-likeness (QED) is 0.857. The first-order valence-corrected chi connectivity index (χ1v) is 6.26. The smallest absolute Gasteiger partial charge is 0.326 e. The standard InChI is InChI=1S/C13H16FN3O2/c1-2-3-12(18)15-6-7-17-11-5-4-9(14)8-10(11)16-13(17)19/h4-5,8H,2-3,6-7H2,1H3,(H,15,18)(H,16,19). The number of fused-ring (bicyclic) bond motifs is 1. The molecule has 1 heterocycles. The number of amides is 1. The zero-order valence-corrected chi connectivity index (χ0v) is 10.7. The molecule has 2 aromatic rings. The molecule has 1 aromatic carbocycles. The Morgan fingerprint density at radius 3 is 3.00 bits per heavy atom. The van der Waals surface area contributed by atoms with Gasteiger partial charge in [-0.05, 0) is 24.6 Å². The van der Waals surface area contributed by atoms with E-state index in [4.69, 9.17) is 0 Å². The highest BCUT2D eigenvalue weighted by molar-refractivity contribution is 5.76. The molecule has 5 nitrogen and oxygen atoms in total. The van der Waals surface area contributed by atoms with Gasteiger partial charge >= 0.3 is 5.69 Å². The van der Waals surface area contributed by atoms with E-state index < -0.39 is 5.82 Å². The molecule has 2 N–H and O–H groups in total. The van der Waals surface area contributed by atoms with Crippen LogP contribution in [0.5, 0.6) is 0 Å². The molecule has 1 aromatic heterocycles. The Morgan fingerprint density at radius 1 is 1.47 bits per heavy atom. The number of H-pyrrole nitrogens is 1. The highest BCUT2D eigenvalue weighted by Crippen LogP contribution is 2.11. The molecule has 0 unspecified atom stereocenters. The third-order valence-corrected chi connectivity index (χ3v) is 2.87. The second-order valence-electron chi connectivity index (χ2n) is 4.34. The number of hydrogen-bond donors (Lipinski definition) is 2. The average molecular weight is 265 g/mol. The number of benzene rings is 1. The van der Waals surface area contributed by atoms with Crippen LogP contribution in [0.1, 0.15) is 19.8 Å². The number of aromatic nitrogens is 2. The monoisotopic (exact) mass is 265 g/mol. The maximum Gasteiger partial charge on any atom is 0.326 e. The molecule has 0 aliphatic heterocycles. The first-order chi connectivity index (χ1) is 9.11. The first kappa shape index (κ1) is 13.3. The van der Waals surface area contributed by atoms with E-state index in [1.807, 2.05) is 6.92 Å². The van der Waals surface area contributed by atoms with Crippen LogP contribution in [0.25, 0.3) is 11.0 Å². The van der Waals surface area contributed by atoms with Crippen molar-refractivity contribution in [3.8, 4) is 0 Å². The molecule has 0 spiro atoms. The number of aromatic amines is 1. The highest BCUT2D eigenvalue weighted by Gasteiger charge is 2.07. The minimum Gasteiger partial charge on any atom is -0.354 e. The summed E-state index contributed by atoms with van der Waals surface area (Å²) >= 11 is 0. The summed E-state index contributed by atoms with van der Waals surface area (Å²) < 4.78 is 14.5. The normalized spacial score (nSPS) is 10.8. The summed E-state index contributed by atoms with van der Waals surface area (Å²) in [6, 6.07) is 4.14. The lowest BCUT2D eigenvalue weighted by atomic mass is 10.3. The second-order valence-corrected chi connectivity index (χ2v) is 4.34. The fourth-order valence-electron chi connectivity index (χ4n) is 1.98. The predicted molar refractivity (Wildman–Crippen MR) is 70.4 cm³/mol. The van der Waals surface area contributed by atoms with Crippen molar-refractivity contribution >= 4 is 16.9 Å². The van der Waals surface area contributed by atoms with Gasteiger partial charge in [-0.25, -0.2) is 9.18 Å². The minimum atomic E-state index is -0.392. The van der Waals surface area contributed by atoms with Crippen molar-refractivity contribution in [2.24, 2.45) is 0 Å². The molecular weight excluding hydrogens is 249 g/mol. The molecule has 0 radical (unpaired) electrons. The zero-order valence-electron chi connectivity index (χ0n) is 10.7. The van der Waals surface area contributed by atoms with Crippen LogP contribution in [0.15, 0.2) is 23.0 Å². The lowest BCUT2D eigenvalue weighted by molar-refractivity contribution is -0.121. The molecule has 2 rings (SSSR count). The molecule has 0 aliphatic rings. The third kappa shape index (κ3) is 3.01. The zero-order chi connectivity index (χ0) is 13.8. The molecule has 19 heavy (non-hydrogen) atoms. The molecular formula is C13H16FN3O2. The maximum atomic E-state index is 13.0. The summed E-state index contributed by atoms with van der Waals surface area (Å²) in [6.45, 7) is 2.67. The van der Waals surface area contributed by atoms with E-state index in [9.17, 15) is 14.0 Å². The van der Waals surface area contributed by atoms with E-state index in [1.165, 1.54) is 16.7 Å². The number of hydrogen-bond acceptors (Lipinski definition) is 2. The van der Waals surface area contributed by atoms with Gasteiger partial charge in [0.05, 0.1) is 11.0 Å². The van der Waals surface area contributed by atoms with Crippen LogP contribution in [0, 0.1) is 5.82 Å². The van der Waals surface area contributed by atoms with E-state index in [0.717, 1.165) is 6.42 Å². The van der Waals surface area contributed by atoms with Crippen molar-refractivity contribution in [1.82, 2.24) is 14.9 Å². The molecule has 0 aliphatic carbocycles. The van der Waals surface area contributed by atoms with Gasteiger partial charge in [0.1, 0.15) is 5.82 Å². The summed E-state index contributed by atoms with van der Waals surface area (Å²) in [5.74, 6) is -0.418. The number of carbonyl (C=O) groups excluding carboxylic acids is 1. The Bertz CT molecular complexity index is 645. The Morgan fingerprint density at radius 2 is 2.26 bits per heavy atom. The lowest BCUT2D eigenvalue weighted by Gasteiger charge is -2.05. The van der Waals surface area contributed by atoms with E-state index in [-0.39, 0.29) is 11.6 Å². The number of carbonyl (C=O) groups is 1. The Balaban J connectivity index is 2.10. The third-order valence-electron chi connectivity index (χ3n) is 2.87. The number of rotatable bonds is 5. The van der Waals surface area contributed by atoms with E-state index in [2.05, 4.69) is 10.3 Å². The van der Waals surface area contributed by atoms with Crippen LogP contribution >= 0.6 is 0 Å². The maximum absolute atomic E-state index is 13.0. The van der Waals surface area contributed by atoms with Crippen LogP contribution in [-0.4, -0.2) is 22.0 Å². The summed E-state index contributed by atoms with van der Waals surface area (Å²) in [6.07, 6.45) is 1.27. The molecule has 6 heteroatoms. The number of nitrogens with one attached hydrogen (secondary N) is 2. The van der Waals surface area contributed by atoms with Gasteiger partial charge in [0, 0.05) is 19.5 Å². The van der Waals surface area contributed by atoms with Crippen molar-refractivity contribution in [2.45, 2.75) is 26.3 Å². The van der Waals surface area contributed by atoms with Gasteiger partial charge in [0.25, 0.3) is 0 Å². The summed E-state index contributed by atoms with van der Waals surface area (Å²) in [5.41, 5.74) is 0.798. The number of nitrogens with zero attached hydrogens (tertiary/aromatic N) is 1. The van der Waals surface area contributed by atoms with Crippen LogP contribution in [-0.2, 0) is 11.3 Å². The summed E-state index contributed by atoms with van der Waals surface area (Å²) in [4.78, 5) is 25.6. The van der Waals surface area contributed by atoms with Gasteiger partial charge in [-0.1, -0.05) is 6.92 Å². The summed E-state index contributed by atoms with van der Waals surface area (Å²) in [7, 11) is 0. The average Bonchev–Trinajstić information content (AvgIpc) is 2.65. The van der Waals surface area contributed by atoms with Gasteiger partial charge < -0.3 is 10.3 Å². The Hall–Kier alpha value is -2.11. The van der Waals surface area contributed by atoms with Crippen molar-refractivity contribution < 1.29 is 9.18 Å². The largest absolute Gasteiger partial charge is 0.354 e.